The third-order valence-corrected chi connectivity index (χ3v) is 3.45. The number of rotatable bonds is 16. The molecule has 192 valence electrons. The molecular formula is C16H26N2Na2O15. The summed E-state index contributed by atoms with van der Waals surface area (Å²) in [6, 6.07) is 0. The van der Waals surface area contributed by atoms with Gasteiger partial charge in [0, 0.05) is 13.1 Å². The predicted molar refractivity (Wildman–Crippen MR) is 115 cm³/mol. The van der Waals surface area contributed by atoms with Crippen LogP contribution in [0.5, 0.6) is 0 Å². The zero-order valence-corrected chi connectivity index (χ0v) is 17.0. The topological polar surface area (TPSA) is 288 Å². The standard InChI is InChI=1S/C10H16N2O8.C6H8O7.2Na.2H/c13-7(14)3-11(4-8(15)16)1-2-12(5-9(17)18)6-10(19)20;7-3(8)1-6(13,5(11)12)2-4(9)10;;;;/h1-6H2,(H,13,14)(H,15,16)(H,17,18)(H,19,20);13H,1-2H2,(H,7,8)(H,9,10)(H,11,12);;;;. The van der Waals surface area contributed by atoms with Crippen LogP contribution < -0.4 is 0 Å². The van der Waals surface area contributed by atoms with Crippen molar-refractivity contribution in [3.63, 3.8) is 0 Å². The third-order valence-electron chi connectivity index (χ3n) is 3.45. The van der Waals surface area contributed by atoms with Gasteiger partial charge >= 0.3 is 101 Å². The molecule has 0 saturated heterocycles. The maximum atomic E-state index is 10.6. The average Bonchev–Trinajstić information content (AvgIpc) is 2.56. The number of hydrogen-bond donors (Lipinski definition) is 8. The van der Waals surface area contributed by atoms with Gasteiger partial charge in [-0.25, -0.2) is 4.79 Å². The second-order valence-corrected chi connectivity index (χ2v) is 6.47. The summed E-state index contributed by atoms with van der Waals surface area (Å²) in [5, 5.41) is 68.3. The number of carboxylic acid groups (broad SMARTS) is 7. The quantitative estimate of drug-likeness (QED) is 0.0867. The van der Waals surface area contributed by atoms with Crippen LogP contribution >= 0.6 is 0 Å². The maximum absolute atomic E-state index is 10.6. The minimum atomic E-state index is -2.74. The van der Waals surface area contributed by atoms with Crippen LogP contribution in [-0.2, 0) is 33.6 Å². The van der Waals surface area contributed by atoms with Crippen LogP contribution in [0.1, 0.15) is 12.8 Å². The van der Waals surface area contributed by atoms with E-state index in [0.717, 1.165) is 9.80 Å². The van der Waals surface area contributed by atoms with E-state index in [4.69, 9.17) is 40.9 Å². The summed E-state index contributed by atoms with van der Waals surface area (Å²) in [7, 11) is 0. The van der Waals surface area contributed by atoms with Gasteiger partial charge in [-0.3, -0.25) is 38.6 Å². The van der Waals surface area contributed by atoms with Gasteiger partial charge in [0.1, 0.15) is 0 Å². The van der Waals surface area contributed by atoms with Crippen LogP contribution in [0.25, 0.3) is 0 Å². The van der Waals surface area contributed by atoms with E-state index < -0.39 is 86.4 Å². The Morgan fingerprint density at radius 2 is 0.714 bits per heavy atom. The fourth-order valence-corrected chi connectivity index (χ4v) is 2.19. The summed E-state index contributed by atoms with van der Waals surface area (Å²) in [5.74, 6) is -9.93. The molecule has 0 aliphatic rings. The fourth-order valence-electron chi connectivity index (χ4n) is 2.19. The first-order chi connectivity index (χ1) is 15.0. The second-order valence-electron chi connectivity index (χ2n) is 6.47. The van der Waals surface area contributed by atoms with E-state index in [0.29, 0.717) is 0 Å². The Hall–Kier alpha value is -1.83. The van der Waals surface area contributed by atoms with Gasteiger partial charge in [-0.2, -0.15) is 0 Å². The summed E-state index contributed by atoms with van der Waals surface area (Å²) in [5.41, 5.74) is -2.74. The van der Waals surface area contributed by atoms with E-state index in [-0.39, 0.29) is 72.2 Å². The van der Waals surface area contributed by atoms with Gasteiger partial charge in [-0.15, -0.1) is 0 Å². The van der Waals surface area contributed by atoms with Crippen molar-refractivity contribution < 1.29 is 74.4 Å². The van der Waals surface area contributed by atoms with Gasteiger partial charge < -0.3 is 40.9 Å². The monoisotopic (exact) mass is 532 g/mol. The minimum absolute atomic E-state index is 0. The summed E-state index contributed by atoms with van der Waals surface area (Å²) < 4.78 is 0. The molecule has 0 radical (unpaired) electrons. The molecule has 17 nitrogen and oxygen atoms in total. The molecule has 19 heteroatoms. The van der Waals surface area contributed by atoms with Crippen LogP contribution in [0.3, 0.4) is 0 Å². The molecule has 0 rings (SSSR count). The van der Waals surface area contributed by atoms with E-state index in [1.54, 1.807) is 0 Å². The van der Waals surface area contributed by atoms with Crippen molar-refractivity contribution in [2.24, 2.45) is 0 Å². The zero-order valence-electron chi connectivity index (χ0n) is 17.0. The molecule has 0 fully saturated rings. The average molecular weight is 532 g/mol. The molecule has 0 aromatic carbocycles. The third kappa shape index (κ3) is 23.7. The summed E-state index contributed by atoms with van der Waals surface area (Å²) >= 11 is 0. The van der Waals surface area contributed by atoms with E-state index in [1.807, 2.05) is 0 Å². The Balaban J connectivity index is -0.000000281. The molecule has 8 N–H and O–H groups in total. The predicted octanol–water partition coefficient (Wildman–Crippen LogP) is -4.62. The van der Waals surface area contributed by atoms with E-state index in [1.165, 1.54) is 0 Å². The molecule has 35 heavy (non-hydrogen) atoms. The molecule has 0 unspecified atom stereocenters. The number of nitrogens with zero attached hydrogens (tertiary/aromatic N) is 2. The zero-order chi connectivity index (χ0) is 26.4. The second kappa shape index (κ2) is 20.4. The Bertz CT molecular complexity index is 677. The molecule has 0 bridgehead atoms. The SMILES string of the molecule is O=C(O)CC(O)(CC(=O)O)C(=O)O.O=C(O)CN(CCN(CC(=O)O)CC(=O)O)CC(=O)O.[NaH].[NaH]. The molecular weight excluding hydrogens is 506 g/mol. The molecule has 0 spiro atoms. The van der Waals surface area contributed by atoms with Crippen molar-refractivity contribution in [3.05, 3.63) is 0 Å². The summed E-state index contributed by atoms with van der Waals surface area (Å²) in [4.78, 5) is 74.8. The van der Waals surface area contributed by atoms with Crippen LogP contribution in [-0.4, -0.2) is 196 Å². The van der Waals surface area contributed by atoms with Crippen molar-refractivity contribution in [2.75, 3.05) is 39.3 Å². The number of aliphatic carboxylic acids is 7. The first kappa shape index (κ1) is 40.3. The summed E-state index contributed by atoms with van der Waals surface area (Å²) in [6.45, 7) is -2.25. The van der Waals surface area contributed by atoms with Crippen molar-refractivity contribution in [1.29, 1.82) is 0 Å². The van der Waals surface area contributed by atoms with E-state index in [9.17, 15) is 33.6 Å². The summed E-state index contributed by atoms with van der Waals surface area (Å²) in [6.07, 6.45) is -2.29. The molecule has 0 aliphatic heterocycles. The Morgan fingerprint density at radius 1 is 0.486 bits per heavy atom. The number of carboxylic acids is 7. The van der Waals surface area contributed by atoms with Crippen LogP contribution in [0, 0.1) is 0 Å². The first-order valence-electron chi connectivity index (χ1n) is 8.69. The van der Waals surface area contributed by atoms with Crippen molar-refractivity contribution in [1.82, 2.24) is 9.80 Å². The van der Waals surface area contributed by atoms with Crippen LogP contribution in [0.2, 0.25) is 0 Å². The molecule has 0 heterocycles. The molecule has 0 aromatic heterocycles. The Morgan fingerprint density at radius 3 is 0.857 bits per heavy atom. The molecule has 0 atom stereocenters. The molecule has 0 amide bonds. The van der Waals surface area contributed by atoms with Crippen molar-refractivity contribution in [3.8, 4) is 0 Å². The Labute approximate surface area is 241 Å². The van der Waals surface area contributed by atoms with Gasteiger partial charge in [-0.1, -0.05) is 0 Å². The van der Waals surface area contributed by atoms with Crippen LogP contribution in [0.15, 0.2) is 0 Å². The fraction of sp³-hybridized carbons (Fsp3) is 0.562. The van der Waals surface area contributed by atoms with E-state index in [2.05, 4.69) is 0 Å². The molecule has 0 aromatic rings. The van der Waals surface area contributed by atoms with Gasteiger partial charge in [0.05, 0.1) is 39.0 Å². The van der Waals surface area contributed by atoms with Gasteiger partial charge in [0.2, 0.25) is 0 Å². The first-order valence-corrected chi connectivity index (χ1v) is 8.69. The van der Waals surface area contributed by atoms with Crippen LogP contribution in [0.4, 0.5) is 0 Å². The normalized spacial score (nSPS) is 10.1. The molecule has 0 aliphatic carbocycles. The van der Waals surface area contributed by atoms with Gasteiger partial charge in [0.15, 0.2) is 5.60 Å². The Kier molecular flexibility index (Phi) is 23.5. The molecule has 0 saturated carbocycles. The number of aliphatic hydroxyl groups is 1. The van der Waals surface area contributed by atoms with Gasteiger partial charge in [0.25, 0.3) is 0 Å². The number of hydrogen-bond acceptors (Lipinski definition) is 10. The van der Waals surface area contributed by atoms with E-state index >= 15 is 0 Å². The van der Waals surface area contributed by atoms with Crippen molar-refractivity contribution >= 4 is 101 Å². The van der Waals surface area contributed by atoms with Gasteiger partial charge in [-0.05, 0) is 0 Å². The van der Waals surface area contributed by atoms with Crippen molar-refractivity contribution in [2.45, 2.75) is 18.4 Å². The number of carbonyl (C=O) groups is 7.